The van der Waals surface area contributed by atoms with Gasteiger partial charge in [-0.05, 0) is 58.6 Å². The second-order valence-electron chi connectivity index (χ2n) is 11.9. The van der Waals surface area contributed by atoms with Gasteiger partial charge in [0, 0.05) is 0 Å². The topological polar surface area (TPSA) is 104 Å². The molecule has 0 spiro atoms. The molecule has 6 nitrogen and oxygen atoms in total. The van der Waals surface area contributed by atoms with E-state index in [-0.39, 0.29) is 24.6 Å². The van der Waals surface area contributed by atoms with Gasteiger partial charge in [0.15, 0.2) is 15.7 Å². The summed E-state index contributed by atoms with van der Waals surface area (Å²) in [4.78, 5) is 21.1. The van der Waals surface area contributed by atoms with Crippen LogP contribution in [0.25, 0.3) is 0 Å². The molecule has 0 aliphatic carbocycles. The van der Waals surface area contributed by atoms with E-state index in [1.54, 1.807) is 24.3 Å². The third kappa shape index (κ3) is 13.7. The fraction of sp³-hybridized carbons (Fsp3) is 0.517. The van der Waals surface area contributed by atoms with E-state index < -0.39 is 27.6 Å². The highest BCUT2D eigenvalue weighted by molar-refractivity contribution is 7.20. The summed E-state index contributed by atoms with van der Waals surface area (Å²) in [6, 6.07) is 13.0. The number of aliphatic hydroxyl groups excluding tert-OH is 1. The molecule has 0 radical (unpaired) electrons. The summed E-state index contributed by atoms with van der Waals surface area (Å²) < 4.78 is 6.07. The van der Waals surface area contributed by atoms with Gasteiger partial charge in [-0.3, -0.25) is 0 Å². The molecule has 0 aliphatic heterocycles. The number of aliphatic hydroxyl groups is 1. The molecule has 0 aromatic heterocycles. The average molecular weight is 585 g/mol. The number of aromatic carboxylic acids is 2. The van der Waals surface area contributed by atoms with Gasteiger partial charge < -0.3 is 19.7 Å². The van der Waals surface area contributed by atoms with Gasteiger partial charge >= 0.3 is 11.9 Å². The Morgan fingerprint density at radius 3 is 1.29 bits per heavy atom. The Morgan fingerprint density at radius 2 is 1.05 bits per heavy atom. The van der Waals surface area contributed by atoms with Crippen LogP contribution in [0, 0.1) is 0 Å². The standard InChI is InChI=1S/C14H22O3Si.C8H8O3.C6H15ClSi.CH4/c1-14(2,3)18(4,5)17-10-11-6-8-12(9-7-11)13(15)16;9-5-6-1-3-7(4-2-6)8(10)11;1-6(2,3)8(4,5)7;/h6-9H,10H2,1-5H3,(H,15,16);1-4,9H,5H2,(H,10,11);1-5H3;1H4. The molecule has 2 aromatic carbocycles. The highest BCUT2D eigenvalue weighted by atomic mass is 35.6. The number of benzene rings is 2. The summed E-state index contributed by atoms with van der Waals surface area (Å²) in [5.74, 6) is -1.85. The van der Waals surface area contributed by atoms with Gasteiger partial charge in [-0.1, -0.05) is 86.3 Å². The maximum atomic E-state index is 10.7. The average Bonchev–Trinajstić information content (AvgIpc) is 2.77. The summed E-state index contributed by atoms with van der Waals surface area (Å²) in [6.45, 7) is 22.5. The Morgan fingerprint density at radius 1 is 0.737 bits per heavy atom. The van der Waals surface area contributed by atoms with E-state index >= 15 is 0 Å². The number of carboxylic acids is 2. The Bertz CT molecular complexity index is 972. The minimum absolute atomic E-state index is 0. The minimum Gasteiger partial charge on any atom is -0.478 e. The van der Waals surface area contributed by atoms with Crippen LogP contribution in [0.5, 0.6) is 0 Å². The monoisotopic (exact) mass is 584 g/mol. The van der Waals surface area contributed by atoms with Gasteiger partial charge in [-0.15, -0.1) is 0 Å². The molecule has 2 aromatic rings. The number of carbonyl (C=O) groups is 2. The zero-order chi connectivity index (χ0) is 29.2. The lowest BCUT2D eigenvalue weighted by Crippen LogP contribution is -2.40. The van der Waals surface area contributed by atoms with Crippen LogP contribution in [0.15, 0.2) is 48.5 Å². The summed E-state index contributed by atoms with van der Waals surface area (Å²) in [5, 5.41) is 26.5. The van der Waals surface area contributed by atoms with Crippen molar-refractivity contribution in [1.29, 1.82) is 0 Å². The molecule has 0 bridgehead atoms. The van der Waals surface area contributed by atoms with Crippen LogP contribution >= 0.6 is 11.1 Å². The molecule has 0 atom stereocenters. The van der Waals surface area contributed by atoms with Crippen LogP contribution in [-0.4, -0.2) is 43.0 Å². The highest BCUT2D eigenvalue weighted by Gasteiger charge is 2.37. The van der Waals surface area contributed by atoms with Gasteiger partial charge in [0.1, 0.15) is 0 Å². The zero-order valence-corrected chi connectivity index (χ0v) is 26.7. The lowest BCUT2D eigenvalue weighted by atomic mass is 10.1. The molecule has 0 fully saturated rings. The molecule has 38 heavy (non-hydrogen) atoms. The lowest BCUT2D eigenvalue weighted by molar-refractivity contribution is 0.0686. The van der Waals surface area contributed by atoms with Crippen LogP contribution in [0.3, 0.4) is 0 Å². The van der Waals surface area contributed by atoms with Crippen molar-refractivity contribution in [3.63, 3.8) is 0 Å². The van der Waals surface area contributed by atoms with Gasteiger partial charge in [-0.25, -0.2) is 9.59 Å². The molecule has 0 unspecified atom stereocenters. The maximum absolute atomic E-state index is 10.7. The lowest BCUT2D eigenvalue weighted by Gasteiger charge is -2.36. The normalized spacial score (nSPS) is 11.7. The smallest absolute Gasteiger partial charge is 0.335 e. The predicted molar refractivity (Wildman–Crippen MR) is 164 cm³/mol. The van der Waals surface area contributed by atoms with Gasteiger partial charge in [-0.2, -0.15) is 11.1 Å². The molecule has 0 saturated carbocycles. The van der Waals surface area contributed by atoms with Crippen LogP contribution in [0.2, 0.25) is 36.3 Å². The zero-order valence-electron chi connectivity index (χ0n) is 24.0. The molecule has 3 N–H and O–H groups in total. The first kappa shape index (κ1) is 38.2. The van der Waals surface area contributed by atoms with Crippen LogP contribution in [0.4, 0.5) is 0 Å². The third-order valence-electron chi connectivity index (χ3n) is 6.77. The largest absolute Gasteiger partial charge is 0.478 e. The molecular formula is C29H49ClO6Si2. The molecule has 216 valence electrons. The Balaban J connectivity index is 0. The van der Waals surface area contributed by atoms with Gasteiger partial charge in [0.2, 0.25) is 0 Å². The van der Waals surface area contributed by atoms with Crippen molar-refractivity contribution >= 4 is 38.7 Å². The molecule has 0 heterocycles. The van der Waals surface area contributed by atoms with E-state index in [9.17, 15) is 9.59 Å². The first-order chi connectivity index (χ1) is 16.6. The van der Waals surface area contributed by atoms with Crippen molar-refractivity contribution in [3.8, 4) is 0 Å². The fourth-order valence-electron chi connectivity index (χ4n) is 1.98. The highest BCUT2D eigenvalue weighted by Crippen LogP contribution is 2.38. The Labute approximate surface area is 236 Å². The molecular weight excluding hydrogens is 536 g/mol. The molecule has 2 rings (SSSR count). The van der Waals surface area contributed by atoms with Crippen molar-refractivity contribution in [2.75, 3.05) is 0 Å². The second kappa shape index (κ2) is 15.6. The minimum atomic E-state index is -1.74. The van der Waals surface area contributed by atoms with E-state index in [2.05, 4.69) is 67.7 Å². The molecule has 0 saturated heterocycles. The number of hydrogen-bond donors (Lipinski definition) is 3. The number of carboxylic acid groups (broad SMARTS) is 2. The summed E-state index contributed by atoms with van der Waals surface area (Å²) in [5.41, 5.74) is 2.29. The first-order valence-electron chi connectivity index (χ1n) is 12.2. The molecule has 9 heteroatoms. The van der Waals surface area contributed by atoms with E-state index in [1.165, 1.54) is 12.1 Å². The number of halogens is 1. The van der Waals surface area contributed by atoms with Gasteiger partial charge in [0.05, 0.1) is 24.3 Å². The summed E-state index contributed by atoms with van der Waals surface area (Å²) in [6.07, 6.45) is 0. The Kier molecular flexibility index (Phi) is 15.6. The molecule has 0 amide bonds. The predicted octanol–water partition coefficient (Wildman–Crippen LogP) is 8.65. The Hall–Kier alpha value is -1.98. The van der Waals surface area contributed by atoms with Crippen LogP contribution < -0.4 is 0 Å². The van der Waals surface area contributed by atoms with Gasteiger partial charge in [0.25, 0.3) is 0 Å². The van der Waals surface area contributed by atoms with Crippen molar-refractivity contribution in [1.82, 2.24) is 0 Å². The molecule has 0 aliphatic rings. The maximum Gasteiger partial charge on any atom is 0.335 e. The van der Waals surface area contributed by atoms with Crippen LogP contribution in [0.1, 0.15) is 80.8 Å². The third-order valence-corrected chi connectivity index (χ3v) is 16.5. The number of rotatable bonds is 6. The van der Waals surface area contributed by atoms with E-state index in [0.29, 0.717) is 17.2 Å². The van der Waals surface area contributed by atoms with Crippen LogP contribution in [-0.2, 0) is 17.6 Å². The van der Waals surface area contributed by atoms with Crippen molar-refractivity contribution in [3.05, 3.63) is 70.8 Å². The quantitative estimate of drug-likeness (QED) is 0.232. The SMILES string of the molecule is C.CC(C)(C)[Si](C)(C)Cl.CC(C)(C)[Si](C)(C)OCc1ccc(C(=O)O)cc1.O=C(O)c1ccc(CO)cc1. The van der Waals surface area contributed by atoms with Crippen molar-refractivity contribution < 1.29 is 29.3 Å². The fourth-order valence-corrected chi connectivity index (χ4v) is 2.94. The van der Waals surface area contributed by atoms with E-state index in [4.69, 9.17) is 30.8 Å². The van der Waals surface area contributed by atoms with Crippen molar-refractivity contribution in [2.24, 2.45) is 0 Å². The number of hydrogen-bond acceptors (Lipinski definition) is 4. The first-order valence-corrected chi connectivity index (χ1v) is 19.1. The van der Waals surface area contributed by atoms with E-state index in [1.807, 2.05) is 12.1 Å². The van der Waals surface area contributed by atoms with E-state index in [0.717, 1.165) is 11.1 Å². The summed E-state index contributed by atoms with van der Waals surface area (Å²) in [7, 11) is -3.13. The summed E-state index contributed by atoms with van der Waals surface area (Å²) >= 11 is 6.15. The second-order valence-corrected chi connectivity index (χ2v) is 24.0. The van der Waals surface area contributed by atoms with Crippen molar-refractivity contribution in [2.45, 2.75) is 98.4 Å².